The fraction of sp³-hybridized carbons (Fsp3) is 0.130. The Morgan fingerprint density at radius 3 is 2.33 bits per heavy atom. The normalized spacial score (nSPS) is 13.9. The largest absolute Gasteiger partial charge is 0.333 e. The molecule has 4 rings (SSSR count). The number of amides is 1. The summed E-state index contributed by atoms with van der Waals surface area (Å²) < 4.78 is 1.43. The number of pyridine rings is 1. The van der Waals surface area contributed by atoms with Crippen molar-refractivity contribution in [3.05, 3.63) is 106 Å². The van der Waals surface area contributed by atoms with Gasteiger partial charge in [-0.15, -0.1) is 0 Å². The van der Waals surface area contributed by atoms with Crippen LogP contribution in [0.1, 0.15) is 16.7 Å². The molecule has 2 aromatic carbocycles. The lowest BCUT2D eigenvalue weighted by Crippen LogP contribution is -2.38. The van der Waals surface area contributed by atoms with Crippen LogP contribution < -0.4 is 5.56 Å². The maximum atomic E-state index is 13.4. The van der Waals surface area contributed by atoms with Crippen LogP contribution in [-0.2, 0) is 17.8 Å². The summed E-state index contributed by atoms with van der Waals surface area (Å²) in [5.74, 6) is -0.137. The molecule has 0 bridgehead atoms. The molecule has 1 aromatic heterocycles. The van der Waals surface area contributed by atoms with Gasteiger partial charge in [-0.1, -0.05) is 60.7 Å². The molecule has 3 aromatic rings. The molecule has 0 aliphatic carbocycles. The van der Waals surface area contributed by atoms with E-state index in [4.69, 9.17) is 0 Å². The smallest absolute Gasteiger partial charge is 0.271 e. The quantitative estimate of drug-likeness (QED) is 0.675. The Labute approximate surface area is 158 Å². The van der Waals surface area contributed by atoms with Crippen molar-refractivity contribution < 1.29 is 4.79 Å². The zero-order valence-corrected chi connectivity index (χ0v) is 14.9. The van der Waals surface area contributed by atoms with Crippen LogP contribution in [-0.4, -0.2) is 21.9 Å². The van der Waals surface area contributed by atoms with Crippen LogP contribution in [0, 0.1) is 0 Å². The fourth-order valence-corrected chi connectivity index (χ4v) is 3.40. The van der Waals surface area contributed by atoms with Crippen molar-refractivity contribution in [2.45, 2.75) is 13.0 Å². The molecule has 0 saturated carbocycles. The van der Waals surface area contributed by atoms with Crippen molar-refractivity contribution in [2.75, 3.05) is 6.54 Å². The molecule has 4 heteroatoms. The van der Waals surface area contributed by atoms with Crippen LogP contribution in [0.25, 0.3) is 11.8 Å². The van der Waals surface area contributed by atoms with Gasteiger partial charge in [-0.05, 0) is 35.3 Å². The third kappa shape index (κ3) is 3.60. The Kier molecular flexibility index (Phi) is 4.71. The molecule has 2 heterocycles. The standard InChI is InChI=1S/C23H20N2O2/c26-22-12-6-7-14-25(22)21(16-18-8-2-1-3-9-18)23(27)24-15-13-19-10-4-5-11-20(19)17-24/h1-12,14,16H,13,15,17H2/b21-16+. The number of hydrogen-bond acceptors (Lipinski definition) is 2. The lowest BCUT2D eigenvalue weighted by atomic mass is 9.99. The molecule has 1 aliphatic heterocycles. The molecule has 0 N–H and O–H groups in total. The van der Waals surface area contributed by atoms with Gasteiger partial charge in [-0.3, -0.25) is 14.2 Å². The first kappa shape index (κ1) is 17.0. The summed E-state index contributed by atoms with van der Waals surface area (Å²) >= 11 is 0. The number of carbonyl (C=O) groups is 1. The highest BCUT2D eigenvalue weighted by atomic mass is 16.2. The first-order chi connectivity index (χ1) is 13.2. The Morgan fingerprint density at radius 2 is 1.56 bits per heavy atom. The van der Waals surface area contributed by atoms with E-state index in [-0.39, 0.29) is 11.5 Å². The lowest BCUT2D eigenvalue weighted by Gasteiger charge is -2.30. The summed E-state index contributed by atoms with van der Waals surface area (Å²) in [4.78, 5) is 27.6. The number of benzene rings is 2. The zero-order chi connectivity index (χ0) is 18.6. The van der Waals surface area contributed by atoms with Gasteiger partial charge in [0, 0.05) is 25.4 Å². The molecule has 134 valence electrons. The van der Waals surface area contributed by atoms with Gasteiger partial charge in [-0.2, -0.15) is 0 Å². The van der Waals surface area contributed by atoms with Gasteiger partial charge in [0.05, 0.1) is 0 Å². The SMILES string of the molecule is O=C(/C(=C\c1ccccc1)n1ccccc1=O)N1CCc2ccccc2C1. The Hall–Kier alpha value is -3.40. The molecule has 1 amide bonds. The van der Waals surface area contributed by atoms with Crippen molar-refractivity contribution >= 4 is 17.7 Å². The molecule has 0 fully saturated rings. The lowest BCUT2D eigenvalue weighted by molar-refractivity contribution is -0.126. The number of aromatic nitrogens is 1. The van der Waals surface area contributed by atoms with Crippen LogP contribution in [0.5, 0.6) is 0 Å². The van der Waals surface area contributed by atoms with Crippen LogP contribution in [0.2, 0.25) is 0 Å². The second-order valence-electron chi connectivity index (χ2n) is 6.59. The summed E-state index contributed by atoms with van der Waals surface area (Å²) in [6, 6.07) is 22.7. The van der Waals surface area contributed by atoms with E-state index in [0.717, 1.165) is 17.5 Å². The van der Waals surface area contributed by atoms with Gasteiger partial charge in [0.25, 0.3) is 11.5 Å². The highest BCUT2D eigenvalue weighted by Gasteiger charge is 2.24. The first-order valence-electron chi connectivity index (χ1n) is 9.03. The third-order valence-corrected chi connectivity index (χ3v) is 4.82. The minimum absolute atomic E-state index is 0.137. The molecule has 1 aliphatic rings. The number of nitrogens with zero attached hydrogens (tertiary/aromatic N) is 2. The molecule has 27 heavy (non-hydrogen) atoms. The molecule has 0 radical (unpaired) electrons. The second-order valence-corrected chi connectivity index (χ2v) is 6.59. The van der Waals surface area contributed by atoms with Crippen LogP contribution in [0.3, 0.4) is 0 Å². The van der Waals surface area contributed by atoms with Gasteiger partial charge in [-0.25, -0.2) is 0 Å². The molecule has 0 unspecified atom stereocenters. The van der Waals surface area contributed by atoms with Gasteiger partial charge in [0.2, 0.25) is 0 Å². The van der Waals surface area contributed by atoms with E-state index in [1.807, 2.05) is 47.4 Å². The van der Waals surface area contributed by atoms with Gasteiger partial charge in [0.1, 0.15) is 5.70 Å². The minimum Gasteiger partial charge on any atom is -0.333 e. The maximum absolute atomic E-state index is 13.4. The highest BCUT2D eigenvalue weighted by Crippen LogP contribution is 2.22. The van der Waals surface area contributed by atoms with E-state index < -0.39 is 0 Å². The van der Waals surface area contributed by atoms with E-state index in [1.54, 1.807) is 24.4 Å². The van der Waals surface area contributed by atoms with Crippen molar-refractivity contribution in [1.29, 1.82) is 0 Å². The van der Waals surface area contributed by atoms with E-state index in [0.29, 0.717) is 18.8 Å². The molecule has 0 saturated heterocycles. The van der Waals surface area contributed by atoms with Gasteiger partial charge >= 0.3 is 0 Å². The minimum atomic E-state index is -0.217. The summed E-state index contributed by atoms with van der Waals surface area (Å²) in [6.45, 7) is 1.20. The summed E-state index contributed by atoms with van der Waals surface area (Å²) in [5, 5.41) is 0. The number of rotatable bonds is 3. The third-order valence-electron chi connectivity index (χ3n) is 4.82. The molecular formula is C23H20N2O2. The van der Waals surface area contributed by atoms with Crippen LogP contribution in [0.4, 0.5) is 0 Å². The Balaban J connectivity index is 1.73. The number of hydrogen-bond donors (Lipinski definition) is 0. The predicted octanol–water partition coefficient (Wildman–Crippen LogP) is 3.43. The van der Waals surface area contributed by atoms with E-state index in [9.17, 15) is 9.59 Å². The molecule has 0 atom stereocenters. The van der Waals surface area contributed by atoms with Crippen LogP contribution >= 0.6 is 0 Å². The topological polar surface area (TPSA) is 42.3 Å². The van der Waals surface area contributed by atoms with Crippen molar-refractivity contribution in [3.63, 3.8) is 0 Å². The number of fused-ring (bicyclic) bond motifs is 1. The van der Waals surface area contributed by atoms with Crippen molar-refractivity contribution in [2.24, 2.45) is 0 Å². The van der Waals surface area contributed by atoms with Gasteiger partial charge < -0.3 is 4.90 Å². The summed E-state index contributed by atoms with van der Waals surface area (Å²) in [5.41, 5.74) is 3.48. The Morgan fingerprint density at radius 1 is 0.852 bits per heavy atom. The summed E-state index contributed by atoms with van der Waals surface area (Å²) in [7, 11) is 0. The summed E-state index contributed by atoms with van der Waals surface area (Å²) in [6.07, 6.45) is 4.25. The van der Waals surface area contributed by atoms with Crippen molar-refractivity contribution in [1.82, 2.24) is 9.47 Å². The van der Waals surface area contributed by atoms with Crippen molar-refractivity contribution in [3.8, 4) is 0 Å². The predicted molar refractivity (Wildman–Crippen MR) is 107 cm³/mol. The fourth-order valence-electron chi connectivity index (χ4n) is 3.40. The number of carbonyl (C=O) groups excluding carboxylic acids is 1. The van der Waals surface area contributed by atoms with E-state index >= 15 is 0 Å². The zero-order valence-electron chi connectivity index (χ0n) is 14.9. The Bertz CT molecular complexity index is 1050. The first-order valence-corrected chi connectivity index (χ1v) is 9.03. The van der Waals surface area contributed by atoms with Crippen LogP contribution in [0.15, 0.2) is 83.8 Å². The van der Waals surface area contributed by atoms with E-state index in [1.165, 1.54) is 16.2 Å². The maximum Gasteiger partial charge on any atom is 0.271 e. The molecular weight excluding hydrogens is 336 g/mol. The highest BCUT2D eigenvalue weighted by molar-refractivity contribution is 6.18. The average molecular weight is 356 g/mol. The molecule has 0 spiro atoms. The van der Waals surface area contributed by atoms with Gasteiger partial charge in [0.15, 0.2) is 0 Å². The van der Waals surface area contributed by atoms with E-state index in [2.05, 4.69) is 12.1 Å². The molecule has 4 nitrogen and oxygen atoms in total. The monoisotopic (exact) mass is 356 g/mol. The second kappa shape index (κ2) is 7.46. The average Bonchev–Trinajstić information content (AvgIpc) is 2.72.